The molecule has 0 heterocycles. The molecule has 2 nitrogen and oxygen atoms in total. The van der Waals surface area contributed by atoms with Crippen molar-refractivity contribution >= 4 is 34.8 Å². The summed E-state index contributed by atoms with van der Waals surface area (Å²) >= 11 is 0. The van der Waals surface area contributed by atoms with Crippen LogP contribution >= 0.6 is 7.58 Å². The van der Waals surface area contributed by atoms with E-state index >= 15 is 0 Å². The molecule has 0 aliphatic heterocycles. The van der Waals surface area contributed by atoms with Gasteiger partial charge in [-0.3, -0.25) is 0 Å². The summed E-state index contributed by atoms with van der Waals surface area (Å²) in [6.07, 6.45) is 0. The standard InChI is InChI=1S/Al.H3O2PSi.Ti.3H/c;1-3(2)4;;;;/h;3-4H,(H,1,2);;;;. The van der Waals surface area contributed by atoms with E-state index in [2.05, 4.69) is 0 Å². The van der Waals surface area contributed by atoms with Crippen LogP contribution in [0.4, 0.5) is 0 Å². The van der Waals surface area contributed by atoms with Crippen LogP contribution in [-0.4, -0.2) is 32.2 Å². The van der Waals surface area contributed by atoms with Gasteiger partial charge in [0.2, 0.25) is 0 Å². The Balaban J connectivity index is -0.0000000450. The second-order valence-electron chi connectivity index (χ2n) is 0.338. The molecule has 1 N–H and O–H groups in total. The Kier molecular flexibility index (Phi) is 25.6. The van der Waals surface area contributed by atoms with Crippen LogP contribution in [0, 0.1) is 0 Å². The van der Waals surface area contributed by atoms with Gasteiger partial charge >= 0.3 is 0 Å². The molecule has 1 unspecified atom stereocenters. The second-order valence-corrected chi connectivity index (χ2v) is 2.50. The van der Waals surface area contributed by atoms with Gasteiger partial charge in [-0.2, -0.15) is 0 Å². The van der Waals surface area contributed by atoms with Crippen LogP contribution in [0.3, 0.4) is 0 Å². The molecule has 0 aliphatic rings. The van der Waals surface area contributed by atoms with E-state index in [-0.39, 0.29) is 39.1 Å². The Morgan fingerprint density at radius 1 is 1.67 bits per heavy atom. The van der Waals surface area contributed by atoms with E-state index in [0.29, 0.717) is 0 Å². The zero-order chi connectivity index (χ0) is 3.58. The first kappa shape index (κ1) is 15.6. The summed E-state index contributed by atoms with van der Waals surface area (Å²) in [5.41, 5.74) is 0. The van der Waals surface area contributed by atoms with Crippen molar-refractivity contribution < 1.29 is 31.2 Å². The van der Waals surface area contributed by atoms with Crippen molar-refractivity contribution in [1.82, 2.24) is 0 Å². The molecule has 0 spiro atoms. The Hall–Kier alpha value is 1.65. The molecule has 0 saturated carbocycles. The molecule has 0 aromatic heterocycles. The molecule has 0 aromatic rings. The summed E-state index contributed by atoms with van der Waals surface area (Å²) < 4.78 is 9.15. The van der Waals surface area contributed by atoms with Gasteiger partial charge in [0.25, 0.3) is 0 Å². The van der Waals surface area contributed by atoms with Gasteiger partial charge in [0.1, 0.15) is 9.91 Å². The first-order chi connectivity index (χ1) is 1.73. The van der Waals surface area contributed by atoms with Crippen molar-refractivity contribution in [3.8, 4) is 0 Å². The quantitative estimate of drug-likeness (QED) is 0.341. The van der Waals surface area contributed by atoms with Gasteiger partial charge in [0.05, 0.1) is 0 Å². The Labute approximate surface area is 65.9 Å². The second kappa shape index (κ2) is 9.82. The third-order valence-electron chi connectivity index (χ3n) is 0. The molecule has 2 radical (unpaired) electrons. The summed E-state index contributed by atoms with van der Waals surface area (Å²) in [6.45, 7) is 0. The van der Waals surface area contributed by atoms with Gasteiger partial charge in [-0.25, -0.2) is 0 Å². The zero-order valence-electron chi connectivity index (χ0n) is 2.43. The fraction of sp³-hybridized carbons (Fsp3) is 0. The van der Waals surface area contributed by atoms with E-state index in [9.17, 15) is 0 Å². The van der Waals surface area contributed by atoms with E-state index in [1.54, 1.807) is 9.91 Å². The van der Waals surface area contributed by atoms with Crippen LogP contribution in [0.1, 0.15) is 0 Å². The topological polar surface area (TPSA) is 37.3 Å². The summed E-state index contributed by atoms with van der Waals surface area (Å²) in [6, 6.07) is 0. The van der Waals surface area contributed by atoms with Crippen LogP contribution in [0.5, 0.6) is 0 Å². The maximum atomic E-state index is 9.15. The fourth-order valence-electron chi connectivity index (χ4n) is 0. The van der Waals surface area contributed by atoms with Crippen LogP contribution < -0.4 is 0 Å². The molecule has 6 heteroatoms. The van der Waals surface area contributed by atoms with E-state index in [1.807, 2.05) is 0 Å². The van der Waals surface area contributed by atoms with E-state index in [1.165, 1.54) is 0 Å². The van der Waals surface area contributed by atoms with Gasteiger partial charge in [-0.05, 0) is 0 Å². The van der Waals surface area contributed by atoms with Gasteiger partial charge < -0.3 is 9.46 Å². The third kappa shape index (κ3) is 44.8. The molecule has 0 aliphatic carbocycles. The van der Waals surface area contributed by atoms with Gasteiger partial charge in [0, 0.05) is 21.7 Å². The van der Waals surface area contributed by atoms with Crippen molar-refractivity contribution in [1.29, 1.82) is 0 Å². The normalized spacial score (nSPS) is 10.3. The predicted molar refractivity (Wildman–Crippen MR) is 28.3 cm³/mol. The Morgan fingerprint density at radius 3 is 1.67 bits per heavy atom. The summed E-state index contributed by atoms with van der Waals surface area (Å²) in [7, 11) is -0.454. The minimum atomic E-state index is -2.21. The molecular formula is H6AlO2PSiTi. The van der Waals surface area contributed by atoms with E-state index < -0.39 is 7.58 Å². The van der Waals surface area contributed by atoms with Crippen molar-refractivity contribution in [2.75, 3.05) is 0 Å². The minimum Gasteiger partial charge on any atom is -0.350 e. The van der Waals surface area contributed by atoms with Crippen LogP contribution in [0.25, 0.3) is 0 Å². The van der Waals surface area contributed by atoms with Gasteiger partial charge in [0.15, 0.2) is 24.9 Å². The first-order valence-corrected chi connectivity index (χ1v) is 3.88. The van der Waals surface area contributed by atoms with Crippen LogP contribution in [-0.2, 0) is 26.3 Å². The molecule has 1 atom stereocenters. The number of hydrogen-bond acceptors (Lipinski definition) is 1. The molecule has 0 saturated heterocycles. The zero-order valence-corrected chi connectivity index (χ0v) is 6.15. The summed E-state index contributed by atoms with van der Waals surface area (Å²) in [4.78, 5) is 7.56. The SMILES string of the molecule is O=[PH](O)[SiH].[AlH3].[Ti]. The largest absolute Gasteiger partial charge is 0.350 e. The van der Waals surface area contributed by atoms with Gasteiger partial charge in [-0.1, -0.05) is 0 Å². The van der Waals surface area contributed by atoms with Crippen LogP contribution in [0.15, 0.2) is 0 Å². The first-order valence-electron chi connectivity index (χ1n) is 0.716. The molecule has 0 amide bonds. The maximum Gasteiger partial charge on any atom is 0.187 e. The number of hydrogen-bond donors (Lipinski definition) is 1. The average Bonchev–Trinajstić information content (AvgIpc) is 0.811. The van der Waals surface area contributed by atoms with Crippen molar-refractivity contribution in [2.24, 2.45) is 0 Å². The van der Waals surface area contributed by atoms with E-state index in [4.69, 9.17) is 9.46 Å². The van der Waals surface area contributed by atoms with E-state index in [0.717, 1.165) is 0 Å². The third-order valence-corrected chi connectivity index (χ3v) is 0. The summed E-state index contributed by atoms with van der Waals surface area (Å²) in [5.74, 6) is 0. The van der Waals surface area contributed by atoms with Crippen molar-refractivity contribution in [2.45, 2.75) is 0 Å². The minimum absolute atomic E-state index is 0. The average molecular weight is 172 g/mol. The fourth-order valence-corrected chi connectivity index (χ4v) is 0. The summed E-state index contributed by atoms with van der Waals surface area (Å²) in [5, 5.41) is 0. The van der Waals surface area contributed by atoms with Crippen LogP contribution in [0.2, 0.25) is 0 Å². The monoisotopic (exact) mass is 172 g/mol. The Morgan fingerprint density at radius 2 is 1.67 bits per heavy atom. The number of rotatable bonds is 0. The molecule has 34 valence electrons. The molecule has 6 heavy (non-hydrogen) atoms. The maximum absolute atomic E-state index is 9.15. The van der Waals surface area contributed by atoms with Gasteiger partial charge in [-0.15, -0.1) is 0 Å². The molecule has 0 bridgehead atoms. The molecule has 0 rings (SSSR count). The predicted octanol–water partition coefficient (Wildman–Crippen LogP) is -1.92. The smallest absolute Gasteiger partial charge is 0.187 e. The van der Waals surface area contributed by atoms with Crippen molar-refractivity contribution in [3.63, 3.8) is 0 Å². The molecular weight excluding hydrogens is 166 g/mol. The Bertz CT molecular complexity index is 36.5. The molecule has 0 fully saturated rings. The van der Waals surface area contributed by atoms with Crippen molar-refractivity contribution in [3.05, 3.63) is 0 Å². The molecule has 0 aromatic carbocycles.